The van der Waals surface area contributed by atoms with Crippen molar-refractivity contribution in [1.29, 1.82) is 0 Å². The summed E-state index contributed by atoms with van der Waals surface area (Å²) in [6.45, 7) is 2.32. The van der Waals surface area contributed by atoms with Gasteiger partial charge in [0.25, 0.3) is 0 Å². The molecule has 0 saturated heterocycles. The zero-order valence-electron chi connectivity index (χ0n) is 8.79. The lowest BCUT2D eigenvalue weighted by Gasteiger charge is -2.26. The summed E-state index contributed by atoms with van der Waals surface area (Å²) in [5.74, 6) is 6.72. The van der Waals surface area contributed by atoms with Gasteiger partial charge >= 0.3 is 0 Å². The number of hydrogen-bond acceptors (Lipinski definition) is 3. The number of nitrogens with one attached hydrogen (secondary N) is 1. The zero-order valence-corrected chi connectivity index (χ0v) is 9.61. The van der Waals surface area contributed by atoms with E-state index in [4.69, 9.17) is 5.84 Å². The standard InChI is InChI=1S/C10H20N2OS/c1-8-3-2-4-9(7-8)14-6-5-10(13)12-11/h8-9H,2-7,11H2,1H3,(H,12,13). The average molecular weight is 216 g/mol. The molecule has 0 radical (unpaired) electrons. The topological polar surface area (TPSA) is 55.1 Å². The van der Waals surface area contributed by atoms with Crippen LogP contribution < -0.4 is 11.3 Å². The number of nitrogens with two attached hydrogens (primary N) is 1. The van der Waals surface area contributed by atoms with Gasteiger partial charge in [0.05, 0.1) is 0 Å². The highest BCUT2D eigenvalue weighted by molar-refractivity contribution is 7.99. The SMILES string of the molecule is CC1CCCC(SCCC(=O)NN)C1. The van der Waals surface area contributed by atoms with E-state index in [1.165, 1.54) is 25.7 Å². The number of amides is 1. The number of carbonyl (C=O) groups excluding carboxylic acids is 1. The molecule has 0 bridgehead atoms. The first-order valence-electron chi connectivity index (χ1n) is 5.33. The second-order valence-electron chi connectivity index (χ2n) is 4.08. The van der Waals surface area contributed by atoms with Crippen LogP contribution in [-0.4, -0.2) is 16.9 Å². The van der Waals surface area contributed by atoms with E-state index in [2.05, 4.69) is 12.3 Å². The minimum absolute atomic E-state index is 0.0543. The van der Waals surface area contributed by atoms with Crippen molar-refractivity contribution >= 4 is 17.7 Å². The molecule has 3 nitrogen and oxygen atoms in total. The van der Waals surface area contributed by atoms with Crippen LogP contribution in [-0.2, 0) is 4.79 Å². The van der Waals surface area contributed by atoms with Crippen LogP contribution in [0.25, 0.3) is 0 Å². The maximum atomic E-state index is 10.9. The van der Waals surface area contributed by atoms with Crippen molar-refractivity contribution in [2.75, 3.05) is 5.75 Å². The van der Waals surface area contributed by atoms with E-state index in [9.17, 15) is 4.79 Å². The minimum atomic E-state index is -0.0543. The Morgan fingerprint density at radius 3 is 3.00 bits per heavy atom. The summed E-state index contributed by atoms with van der Waals surface area (Å²) in [6.07, 6.45) is 5.91. The molecule has 14 heavy (non-hydrogen) atoms. The fourth-order valence-corrected chi connectivity index (χ4v) is 3.35. The predicted molar refractivity (Wildman–Crippen MR) is 60.8 cm³/mol. The van der Waals surface area contributed by atoms with Crippen molar-refractivity contribution in [3.8, 4) is 0 Å². The van der Waals surface area contributed by atoms with E-state index in [-0.39, 0.29) is 5.91 Å². The number of carbonyl (C=O) groups is 1. The molecule has 82 valence electrons. The third-order valence-corrected chi connectivity index (χ3v) is 4.07. The Kier molecular flexibility index (Phi) is 5.33. The molecule has 1 amide bonds. The van der Waals surface area contributed by atoms with E-state index in [0.29, 0.717) is 6.42 Å². The van der Waals surface area contributed by atoms with Crippen LogP contribution in [0.15, 0.2) is 0 Å². The van der Waals surface area contributed by atoms with Gasteiger partial charge in [0.15, 0.2) is 0 Å². The summed E-state index contributed by atoms with van der Waals surface area (Å²) < 4.78 is 0. The van der Waals surface area contributed by atoms with E-state index in [1.807, 2.05) is 11.8 Å². The van der Waals surface area contributed by atoms with Gasteiger partial charge in [0.1, 0.15) is 0 Å². The highest BCUT2D eigenvalue weighted by Gasteiger charge is 2.18. The van der Waals surface area contributed by atoms with Crippen molar-refractivity contribution in [3.63, 3.8) is 0 Å². The van der Waals surface area contributed by atoms with Gasteiger partial charge in [-0.25, -0.2) is 5.84 Å². The second-order valence-corrected chi connectivity index (χ2v) is 5.49. The smallest absolute Gasteiger partial charge is 0.234 e. The van der Waals surface area contributed by atoms with E-state index in [0.717, 1.165) is 16.9 Å². The monoisotopic (exact) mass is 216 g/mol. The average Bonchev–Trinajstić information content (AvgIpc) is 2.17. The molecule has 0 aromatic rings. The fraction of sp³-hybridized carbons (Fsp3) is 0.900. The van der Waals surface area contributed by atoms with Crippen molar-refractivity contribution < 1.29 is 4.79 Å². The lowest BCUT2D eigenvalue weighted by molar-refractivity contribution is -0.120. The zero-order chi connectivity index (χ0) is 10.4. The minimum Gasteiger partial charge on any atom is -0.294 e. The summed E-state index contributed by atoms with van der Waals surface area (Å²) in [4.78, 5) is 10.9. The first-order chi connectivity index (χ1) is 6.72. The Bertz CT molecular complexity index is 187. The Morgan fingerprint density at radius 2 is 2.36 bits per heavy atom. The van der Waals surface area contributed by atoms with Crippen LogP contribution >= 0.6 is 11.8 Å². The Labute approximate surface area is 90.2 Å². The molecule has 0 aromatic carbocycles. The Balaban J connectivity index is 2.08. The maximum absolute atomic E-state index is 10.9. The van der Waals surface area contributed by atoms with Gasteiger partial charge < -0.3 is 0 Å². The summed E-state index contributed by atoms with van der Waals surface area (Å²) >= 11 is 1.93. The van der Waals surface area contributed by atoms with Gasteiger partial charge in [-0.3, -0.25) is 10.2 Å². The highest BCUT2D eigenvalue weighted by Crippen LogP contribution is 2.31. The number of thioether (sulfide) groups is 1. The normalized spacial score (nSPS) is 27.3. The van der Waals surface area contributed by atoms with E-state index >= 15 is 0 Å². The van der Waals surface area contributed by atoms with Gasteiger partial charge in [-0.1, -0.05) is 19.8 Å². The second kappa shape index (κ2) is 6.30. The first-order valence-corrected chi connectivity index (χ1v) is 6.38. The Morgan fingerprint density at radius 1 is 1.57 bits per heavy atom. The molecule has 0 aliphatic heterocycles. The van der Waals surface area contributed by atoms with Crippen LogP contribution in [0.4, 0.5) is 0 Å². The molecule has 0 spiro atoms. The summed E-state index contributed by atoms with van der Waals surface area (Å²) in [5.41, 5.74) is 2.16. The van der Waals surface area contributed by atoms with Crippen LogP contribution in [0.3, 0.4) is 0 Å². The lowest BCUT2D eigenvalue weighted by atomic mass is 9.91. The van der Waals surface area contributed by atoms with Crippen molar-refractivity contribution in [3.05, 3.63) is 0 Å². The molecule has 0 aromatic heterocycles. The van der Waals surface area contributed by atoms with Crippen molar-refractivity contribution in [1.82, 2.24) is 5.43 Å². The van der Waals surface area contributed by atoms with Crippen LogP contribution in [0.1, 0.15) is 39.0 Å². The molecule has 1 aliphatic carbocycles. The van der Waals surface area contributed by atoms with Gasteiger partial charge in [-0.2, -0.15) is 11.8 Å². The number of hydrogen-bond donors (Lipinski definition) is 2. The molecular weight excluding hydrogens is 196 g/mol. The van der Waals surface area contributed by atoms with Crippen LogP contribution in [0.2, 0.25) is 0 Å². The van der Waals surface area contributed by atoms with Gasteiger partial charge in [0.2, 0.25) is 5.91 Å². The molecule has 2 unspecified atom stereocenters. The molecular formula is C10H20N2OS. The molecule has 1 rings (SSSR count). The maximum Gasteiger partial charge on any atom is 0.234 e. The number of hydrazine groups is 1. The predicted octanol–water partition coefficient (Wildman–Crippen LogP) is 1.68. The number of rotatable bonds is 4. The third-order valence-electron chi connectivity index (χ3n) is 2.73. The van der Waals surface area contributed by atoms with E-state index < -0.39 is 0 Å². The quantitative estimate of drug-likeness (QED) is 0.427. The molecule has 1 saturated carbocycles. The molecule has 0 heterocycles. The van der Waals surface area contributed by atoms with Crippen LogP contribution in [0, 0.1) is 5.92 Å². The van der Waals surface area contributed by atoms with E-state index in [1.54, 1.807) is 0 Å². The van der Waals surface area contributed by atoms with Crippen molar-refractivity contribution in [2.45, 2.75) is 44.3 Å². The van der Waals surface area contributed by atoms with Gasteiger partial charge in [-0.15, -0.1) is 0 Å². The summed E-state index contributed by atoms with van der Waals surface area (Å²) in [7, 11) is 0. The third kappa shape index (κ3) is 4.33. The van der Waals surface area contributed by atoms with Crippen LogP contribution in [0.5, 0.6) is 0 Å². The molecule has 3 N–H and O–H groups in total. The molecule has 2 atom stereocenters. The largest absolute Gasteiger partial charge is 0.294 e. The van der Waals surface area contributed by atoms with Gasteiger partial charge in [-0.05, 0) is 18.8 Å². The summed E-state index contributed by atoms with van der Waals surface area (Å²) in [5, 5.41) is 0.768. The molecule has 1 aliphatic rings. The van der Waals surface area contributed by atoms with Gasteiger partial charge in [0, 0.05) is 17.4 Å². The Hall–Kier alpha value is -0.220. The molecule has 1 fully saturated rings. The summed E-state index contributed by atoms with van der Waals surface area (Å²) in [6, 6.07) is 0. The fourth-order valence-electron chi connectivity index (χ4n) is 1.92. The first kappa shape index (κ1) is 11.9. The lowest BCUT2D eigenvalue weighted by Crippen LogP contribution is -2.30. The molecule has 4 heteroatoms. The van der Waals surface area contributed by atoms with Crippen molar-refractivity contribution in [2.24, 2.45) is 11.8 Å². The highest BCUT2D eigenvalue weighted by atomic mass is 32.2.